The van der Waals surface area contributed by atoms with Gasteiger partial charge in [0, 0.05) is 31.2 Å². The second-order valence-corrected chi connectivity index (χ2v) is 6.82. The van der Waals surface area contributed by atoms with Crippen LogP contribution in [0.15, 0.2) is 36.9 Å². The van der Waals surface area contributed by atoms with Gasteiger partial charge < -0.3 is 5.32 Å². The molecule has 1 aliphatic carbocycles. The normalized spacial score (nSPS) is 15.6. The lowest BCUT2D eigenvalue weighted by molar-refractivity contribution is 0.282. The highest BCUT2D eigenvalue weighted by Gasteiger charge is 2.28. The van der Waals surface area contributed by atoms with Crippen LogP contribution in [0, 0.1) is 0 Å². The predicted molar refractivity (Wildman–Crippen MR) is 86.7 cm³/mol. The first-order chi connectivity index (χ1) is 9.49. The van der Waals surface area contributed by atoms with Crippen LogP contribution in [0.4, 0.5) is 0 Å². The molecule has 0 spiro atoms. The first kappa shape index (κ1) is 15.3. The van der Waals surface area contributed by atoms with E-state index in [1.54, 1.807) is 0 Å². The van der Waals surface area contributed by atoms with E-state index in [-0.39, 0.29) is 5.54 Å². The van der Waals surface area contributed by atoms with E-state index in [2.05, 4.69) is 61.8 Å². The Hall–Kier alpha value is -1.12. The first-order valence-electron chi connectivity index (χ1n) is 7.66. The zero-order valence-electron chi connectivity index (χ0n) is 13.2. The van der Waals surface area contributed by atoms with Crippen molar-refractivity contribution in [3.63, 3.8) is 0 Å². The molecule has 1 fully saturated rings. The number of benzene rings is 1. The molecule has 0 radical (unpaired) electrons. The van der Waals surface area contributed by atoms with Crippen LogP contribution in [0.25, 0.3) is 0 Å². The van der Waals surface area contributed by atoms with Crippen LogP contribution in [0.1, 0.15) is 44.7 Å². The fourth-order valence-corrected chi connectivity index (χ4v) is 2.41. The van der Waals surface area contributed by atoms with Gasteiger partial charge in [-0.2, -0.15) is 0 Å². The summed E-state index contributed by atoms with van der Waals surface area (Å²) in [6, 6.07) is 9.56. The van der Waals surface area contributed by atoms with Gasteiger partial charge in [-0.3, -0.25) is 4.90 Å². The van der Waals surface area contributed by atoms with Gasteiger partial charge in [-0.05, 0) is 44.7 Å². The molecular formula is C18H28N2. The Bertz CT molecular complexity index is 441. The molecule has 1 saturated carbocycles. The average molecular weight is 272 g/mol. The maximum absolute atomic E-state index is 3.89. The van der Waals surface area contributed by atoms with Crippen LogP contribution in [0.2, 0.25) is 0 Å². The lowest BCUT2D eigenvalue weighted by Crippen LogP contribution is -2.35. The van der Waals surface area contributed by atoms with Crippen molar-refractivity contribution in [1.29, 1.82) is 0 Å². The van der Waals surface area contributed by atoms with Gasteiger partial charge in [0.15, 0.2) is 0 Å². The molecule has 20 heavy (non-hydrogen) atoms. The minimum atomic E-state index is 0.157. The van der Waals surface area contributed by atoms with Crippen LogP contribution in [0.5, 0.6) is 0 Å². The second kappa shape index (κ2) is 6.55. The van der Waals surface area contributed by atoms with Crippen molar-refractivity contribution in [1.82, 2.24) is 10.2 Å². The van der Waals surface area contributed by atoms with Gasteiger partial charge >= 0.3 is 0 Å². The summed E-state index contributed by atoms with van der Waals surface area (Å²) in [4.78, 5) is 2.54. The van der Waals surface area contributed by atoms with Crippen LogP contribution in [-0.2, 0) is 13.1 Å². The highest BCUT2D eigenvalue weighted by Crippen LogP contribution is 2.28. The SMILES string of the molecule is C=CCN(Cc1ccccc1CNC(C)(C)C)C1CC1. The number of rotatable bonds is 7. The maximum Gasteiger partial charge on any atom is 0.0243 e. The summed E-state index contributed by atoms with van der Waals surface area (Å²) in [5.74, 6) is 0. The number of nitrogens with zero attached hydrogens (tertiary/aromatic N) is 1. The molecule has 2 nitrogen and oxygen atoms in total. The summed E-state index contributed by atoms with van der Waals surface area (Å²) in [6.45, 7) is 13.5. The van der Waals surface area contributed by atoms with Crippen molar-refractivity contribution in [2.24, 2.45) is 0 Å². The van der Waals surface area contributed by atoms with Crippen LogP contribution < -0.4 is 5.32 Å². The van der Waals surface area contributed by atoms with Crippen LogP contribution in [0.3, 0.4) is 0 Å². The molecule has 1 N–H and O–H groups in total. The summed E-state index contributed by atoms with van der Waals surface area (Å²) in [7, 11) is 0. The molecule has 110 valence electrons. The van der Waals surface area contributed by atoms with Gasteiger partial charge in [0.2, 0.25) is 0 Å². The maximum atomic E-state index is 3.89. The smallest absolute Gasteiger partial charge is 0.0243 e. The molecule has 0 saturated heterocycles. The van der Waals surface area contributed by atoms with E-state index in [4.69, 9.17) is 0 Å². The molecular weight excluding hydrogens is 244 g/mol. The van der Waals surface area contributed by atoms with E-state index in [0.29, 0.717) is 0 Å². The predicted octanol–water partition coefficient (Wildman–Crippen LogP) is 3.73. The average Bonchev–Trinajstić information content (AvgIpc) is 3.20. The molecule has 0 unspecified atom stereocenters. The van der Waals surface area contributed by atoms with Gasteiger partial charge in [0.1, 0.15) is 0 Å². The molecule has 2 heteroatoms. The van der Waals surface area contributed by atoms with E-state index >= 15 is 0 Å². The molecule has 0 heterocycles. The lowest BCUT2D eigenvalue weighted by Gasteiger charge is -2.24. The summed E-state index contributed by atoms with van der Waals surface area (Å²) < 4.78 is 0. The standard InChI is InChI=1S/C18H28N2/c1-5-12-20(17-10-11-17)14-16-9-7-6-8-15(16)13-19-18(2,3)4/h5-9,17,19H,1,10-14H2,2-4H3. The highest BCUT2D eigenvalue weighted by atomic mass is 15.2. The third-order valence-corrected chi connectivity index (χ3v) is 3.73. The fourth-order valence-electron chi connectivity index (χ4n) is 2.41. The van der Waals surface area contributed by atoms with Gasteiger partial charge in [-0.25, -0.2) is 0 Å². The van der Waals surface area contributed by atoms with E-state index in [1.807, 2.05) is 6.08 Å². The zero-order valence-corrected chi connectivity index (χ0v) is 13.2. The molecule has 1 aromatic carbocycles. The Morgan fingerprint density at radius 3 is 2.45 bits per heavy atom. The first-order valence-corrected chi connectivity index (χ1v) is 7.66. The van der Waals surface area contributed by atoms with E-state index in [1.165, 1.54) is 24.0 Å². The third kappa shape index (κ3) is 4.77. The minimum Gasteiger partial charge on any atom is -0.308 e. The Balaban J connectivity index is 2.04. The van der Waals surface area contributed by atoms with Crippen molar-refractivity contribution in [2.45, 2.75) is 58.3 Å². The van der Waals surface area contributed by atoms with Gasteiger partial charge in [-0.1, -0.05) is 30.3 Å². The van der Waals surface area contributed by atoms with E-state index in [9.17, 15) is 0 Å². The topological polar surface area (TPSA) is 15.3 Å². The summed E-state index contributed by atoms with van der Waals surface area (Å²) >= 11 is 0. The quantitative estimate of drug-likeness (QED) is 0.761. The second-order valence-electron chi connectivity index (χ2n) is 6.82. The third-order valence-electron chi connectivity index (χ3n) is 3.73. The summed E-state index contributed by atoms with van der Waals surface area (Å²) in [5, 5.41) is 3.59. The summed E-state index contributed by atoms with van der Waals surface area (Å²) in [5.41, 5.74) is 3.01. The molecule has 0 amide bonds. The van der Waals surface area contributed by atoms with Gasteiger partial charge in [-0.15, -0.1) is 6.58 Å². The number of hydrogen-bond acceptors (Lipinski definition) is 2. The van der Waals surface area contributed by atoms with Gasteiger partial charge in [0.05, 0.1) is 0 Å². The fraction of sp³-hybridized carbons (Fsp3) is 0.556. The van der Waals surface area contributed by atoms with Crippen LogP contribution in [-0.4, -0.2) is 23.0 Å². The van der Waals surface area contributed by atoms with Crippen molar-refractivity contribution in [2.75, 3.05) is 6.54 Å². The van der Waals surface area contributed by atoms with Gasteiger partial charge in [0.25, 0.3) is 0 Å². The molecule has 1 aliphatic rings. The Morgan fingerprint density at radius 1 is 1.25 bits per heavy atom. The summed E-state index contributed by atoms with van der Waals surface area (Å²) in [6.07, 6.45) is 4.71. The lowest BCUT2D eigenvalue weighted by atomic mass is 10.0. The Morgan fingerprint density at radius 2 is 1.90 bits per heavy atom. The van der Waals surface area contributed by atoms with Crippen molar-refractivity contribution < 1.29 is 0 Å². The molecule has 0 bridgehead atoms. The monoisotopic (exact) mass is 272 g/mol. The zero-order chi connectivity index (χ0) is 14.6. The van der Waals surface area contributed by atoms with Crippen LogP contribution >= 0.6 is 0 Å². The largest absolute Gasteiger partial charge is 0.308 e. The highest BCUT2D eigenvalue weighted by molar-refractivity contribution is 5.27. The number of hydrogen-bond donors (Lipinski definition) is 1. The molecule has 0 atom stereocenters. The Kier molecular flexibility index (Phi) is 5.00. The molecule has 2 rings (SSSR count). The molecule has 0 aliphatic heterocycles. The molecule has 0 aromatic heterocycles. The van der Waals surface area contributed by atoms with Crippen molar-refractivity contribution >= 4 is 0 Å². The van der Waals surface area contributed by atoms with E-state index < -0.39 is 0 Å². The van der Waals surface area contributed by atoms with Crippen molar-refractivity contribution in [3.8, 4) is 0 Å². The van der Waals surface area contributed by atoms with Crippen molar-refractivity contribution in [3.05, 3.63) is 48.0 Å². The molecule has 1 aromatic rings. The number of nitrogens with one attached hydrogen (secondary N) is 1. The minimum absolute atomic E-state index is 0.157. The van der Waals surface area contributed by atoms with E-state index in [0.717, 1.165) is 25.7 Å². The Labute approximate surface area is 123 Å².